The monoisotopic (exact) mass is 427 g/mol. The largest absolute Gasteiger partial charge is 1.00 e. The Balaban J connectivity index is 0.00000341. The number of nitrogens with one attached hydrogen (secondary N) is 1. The Bertz CT molecular complexity index is 1240. The van der Waals surface area contributed by atoms with Crippen LogP contribution in [0.5, 0.6) is 5.75 Å². The first kappa shape index (κ1) is 21.2. The van der Waals surface area contributed by atoms with E-state index in [0.717, 1.165) is 5.56 Å². The van der Waals surface area contributed by atoms with Gasteiger partial charge in [0.1, 0.15) is 23.2 Å². The van der Waals surface area contributed by atoms with Crippen molar-refractivity contribution in [3.8, 4) is 22.9 Å². The summed E-state index contributed by atoms with van der Waals surface area (Å²) in [5.41, 5.74) is 1.34. The molecule has 2 aromatic carbocycles. The highest BCUT2D eigenvalue weighted by atomic mass is 32.3. The van der Waals surface area contributed by atoms with Crippen molar-refractivity contribution in [3.05, 3.63) is 59.9 Å². The van der Waals surface area contributed by atoms with Crippen LogP contribution in [-0.2, 0) is 14.6 Å². The quantitative estimate of drug-likeness (QED) is 0.343. The summed E-state index contributed by atoms with van der Waals surface area (Å²) in [6.07, 6.45) is 0. The van der Waals surface area contributed by atoms with E-state index in [2.05, 4.69) is 14.5 Å². The fraction of sp³-hybridized carbons (Fsp3) is 0.150. The van der Waals surface area contributed by atoms with Gasteiger partial charge in [0.15, 0.2) is 0 Å². The van der Waals surface area contributed by atoms with Gasteiger partial charge in [0.2, 0.25) is 10.4 Å². The third-order valence-corrected chi connectivity index (χ3v) is 4.67. The number of carbonyl (C=O) groups is 1. The molecule has 1 heterocycles. The number of amides is 1. The average molecular weight is 427 g/mol. The number of nitriles is 1. The lowest BCUT2D eigenvalue weighted by Crippen LogP contribution is -2.29. The fourth-order valence-corrected chi connectivity index (χ4v) is 3.25. The van der Waals surface area contributed by atoms with Crippen molar-refractivity contribution in [3.63, 3.8) is 0 Å². The molecule has 9 nitrogen and oxygen atoms in total. The van der Waals surface area contributed by atoms with Crippen LogP contribution in [0.3, 0.4) is 0 Å². The smallest absolute Gasteiger partial charge is 0.726 e. The molecule has 1 N–H and O–H groups in total. The van der Waals surface area contributed by atoms with E-state index in [1.54, 1.807) is 18.2 Å². The maximum Gasteiger partial charge on any atom is 1.00 e. The van der Waals surface area contributed by atoms with E-state index < -0.39 is 22.9 Å². The number of rotatable bonds is 7. The first-order valence-corrected chi connectivity index (χ1v) is 10.0. The molecule has 0 saturated heterocycles. The zero-order valence-corrected chi connectivity index (χ0v) is 16.6. The second-order valence-corrected chi connectivity index (χ2v) is 7.11. The molecule has 0 aliphatic rings. The van der Waals surface area contributed by atoms with Crippen molar-refractivity contribution in [2.45, 2.75) is 0 Å². The summed E-state index contributed by atoms with van der Waals surface area (Å²) in [5.74, 6) is -0.108. The van der Waals surface area contributed by atoms with E-state index in [1.165, 1.54) is 7.11 Å². The van der Waals surface area contributed by atoms with Crippen LogP contribution < -0.4 is 10.1 Å². The Hall–Kier alpha value is -3.52. The predicted octanol–water partition coefficient (Wildman–Crippen LogP) is 2.10. The molecule has 30 heavy (non-hydrogen) atoms. The molecule has 1 aromatic heterocycles. The molecule has 0 spiro atoms. The van der Waals surface area contributed by atoms with Crippen LogP contribution in [0.25, 0.3) is 21.9 Å². The number of fused-ring (bicyclic) bond motifs is 1. The summed E-state index contributed by atoms with van der Waals surface area (Å²) in [4.78, 5) is 16.9. The van der Waals surface area contributed by atoms with Crippen molar-refractivity contribution in [2.24, 2.45) is 0 Å². The highest BCUT2D eigenvalue weighted by Crippen LogP contribution is 2.34. The van der Waals surface area contributed by atoms with Crippen LogP contribution in [0, 0.1) is 11.3 Å². The molecular weight excluding hydrogens is 410 g/mol. The van der Waals surface area contributed by atoms with E-state index in [0.29, 0.717) is 22.1 Å². The second-order valence-electron chi connectivity index (χ2n) is 6.06. The van der Waals surface area contributed by atoms with E-state index in [-0.39, 0.29) is 19.4 Å². The van der Waals surface area contributed by atoms with Gasteiger partial charge in [-0.1, -0.05) is 30.3 Å². The Kier molecular flexibility index (Phi) is 6.27. The summed E-state index contributed by atoms with van der Waals surface area (Å²) >= 11 is 0. The first-order valence-electron chi connectivity index (χ1n) is 8.69. The second kappa shape index (κ2) is 8.87. The van der Waals surface area contributed by atoms with Crippen molar-refractivity contribution in [2.75, 3.05) is 20.3 Å². The summed E-state index contributed by atoms with van der Waals surface area (Å²) in [6, 6.07) is 16.2. The fourth-order valence-electron chi connectivity index (χ4n) is 2.96. The van der Waals surface area contributed by atoms with E-state index in [1.807, 2.05) is 36.4 Å². The van der Waals surface area contributed by atoms with E-state index in [4.69, 9.17) is 4.74 Å². The summed E-state index contributed by atoms with van der Waals surface area (Å²) in [6.45, 7) is -0.751. The molecule has 0 atom stereocenters. The van der Waals surface area contributed by atoms with Crippen molar-refractivity contribution in [1.82, 2.24) is 10.3 Å². The Morgan fingerprint density at radius 3 is 2.60 bits per heavy atom. The zero-order chi connectivity index (χ0) is 21.7. The molecule has 10 heteroatoms. The molecule has 0 aliphatic carbocycles. The van der Waals surface area contributed by atoms with Gasteiger partial charge in [-0.25, -0.2) is 13.4 Å². The number of pyridine rings is 1. The van der Waals surface area contributed by atoms with Crippen molar-refractivity contribution >= 4 is 27.1 Å². The molecule has 154 valence electrons. The predicted molar refractivity (Wildman–Crippen MR) is 108 cm³/mol. The van der Waals surface area contributed by atoms with Crippen LogP contribution in [0.1, 0.15) is 17.6 Å². The van der Waals surface area contributed by atoms with Gasteiger partial charge in [-0.2, -0.15) is 5.26 Å². The Labute approximate surface area is 174 Å². The van der Waals surface area contributed by atoms with Gasteiger partial charge in [0.05, 0.1) is 13.7 Å². The van der Waals surface area contributed by atoms with Crippen LogP contribution in [0.2, 0.25) is 0 Å². The minimum Gasteiger partial charge on any atom is -0.726 e. The van der Waals surface area contributed by atoms with Gasteiger partial charge in [0.25, 0.3) is 5.91 Å². The van der Waals surface area contributed by atoms with Gasteiger partial charge >= 0.3 is 1.43 Å². The molecule has 0 bridgehead atoms. The minimum absolute atomic E-state index is 0. The Morgan fingerprint density at radius 2 is 1.97 bits per heavy atom. The lowest BCUT2D eigenvalue weighted by atomic mass is 9.95. The third kappa shape index (κ3) is 4.72. The first-order chi connectivity index (χ1) is 14.3. The number of carbonyl (C=O) groups excluding carboxylic acids is 1. The molecule has 0 aliphatic heterocycles. The number of hydrogen-bond donors (Lipinski definition) is 1. The van der Waals surface area contributed by atoms with E-state index >= 15 is 0 Å². The lowest BCUT2D eigenvalue weighted by molar-refractivity contribution is 0.0942. The standard InChI is InChI=1S/C20H17N3O6S/c1-28-14-7-8-15-16(11-14)18(13-5-3-2-4-6-13)17(12-21)23-19(15)20(24)22-9-10-29-30(25,26)27/h2-8,11H,9-10H2,1H3,(H,22,24)(H,25,26,27). The lowest BCUT2D eigenvalue weighted by Gasteiger charge is -2.14. The maximum absolute atomic E-state index is 12.7. The molecule has 0 unspecified atom stereocenters. The van der Waals surface area contributed by atoms with Crippen LogP contribution in [0.15, 0.2) is 48.5 Å². The maximum atomic E-state index is 12.7. The molecule has 1 amide bonds. The van der Waals surface area contributed by atoms with Crippen molar-refractivity contribution in [1.29, 1.82) is 5.26 Å². The highest BCUT2D eigenvalue weighted by Gasteiger charge is 2.20. The number of nitrogens with zero attached hydrogens (tertiary/aromatic N) is 2. The molecule has 0 radical (unpaired) electrons. The molecular formula is C20H17N3O6S. The molecule has 0 fully saturated rings. The summed E-state index contributed by atoms with van der Waals surface area (Å²) in [7, 11) is -3.34. The van der Waals surface area contributed by atoms with Gasteiger partial charge in [0, 0.05) is 17.5 Å². The SMILES string of the molecule is COc1ccc2c(C(=O)NCCOS(=O)(=O)[O-])nc(C#N)c(-c3ccccc3)c2c1.[H+]. The number of hydrogen-bond acceptors (Lipinski definition) is 8. The normalized spacial score (nSPS) is 11.1. The van der Waals surface area contributed by atoms with Crippen LogP contribution >= 0.6 is 0 Å². The zero-order valence-electron chi connectivity index (χ0n) is 16.8. The van der Waals surface area contributed by atoms with Gasteiger partial charge in [-0.3, -0.25) is 8.98 Å². The van der Waals surface area contributed by atoms with Gasteiger partial charge < -0.3 is 14.6 Å². The topological polar surface area (TPSA) is 141 Å². The number of aromatic nitrogens is 1. The molecule has 3 rings (SSSR count). The van der Waals surface area contributed by atoms with Gasteiger partial charge in [-0.15, -0.1) is 0 Å². The summed E-state index contributed by atoms with van der Waals surface area (Å²) < 4.78 is 40.8. The number of ether oxygens (including phenoxy) is 1. The number of methoxy groups -OCH3 is 1. The van der Waals surface area contributed by atoms with Crippen LogP contribution in [0.4, 0.5) is 0 Å². The Morgan fingerprint density at radius 1 is 1.23 bits per heavy atom. The summed E-state index contributed by atoms with van der Waals surface area (Å²) in [5, 5.41) is 13.2. The minimum atomic E-state index is -4.85. The highest BCUT2D eigenvalue weighted by molar-refractivity contribution is 7.80. The molecule has 3 aromatic rings. The van der Waals surface area contributed by atoms with E-state index in [9.17, 15) is 23.0 Å². The number of benzene rings is 2. The molecule has 0 saturated carbocycles. The van der Waals surface area contributed by atoms with Crippen LogP contribution in [-0.4, -0.2) is 44.1 Å². The van der Waals surface area contributed by atoms with Crippen molar-refractivity contribution < 1.29 is 28.1 Å². The van der Waals surface area contributed by atoms with Gasteiger partial charge in [-0.05, 0) is 29.1 Å². The average Bonchev–Trinajstić information content (AvgIpc) is 2.74. The third-order valence-electron chi connectivity index (χ3n) is 4.21.